The highest BCUT2D eigenvalue weighted by Gasteiger charge is 2.39. The first-order chi connectivity index (χ1) is 14.8. The monoisotopic (exact) mass is 414 g/mol. The molecule has 0 saturated carbocycles. The van der Waals surface area contributed by atoms with Gasteiger partial charge in [0.25, 0.3) is 11.8 Å². The zero-order chi connectivity index (χ0) is 22.1. The Morgan fingerprint density at radius 2 is 1.45 bits per heavy atom. The van der Waals surface area contributed by atoms with Crippen molar-refractivity contribution in [1.82, 2.24) is 4.90 Å². The molecule has 3 aromatic carbocycles. The lowest BCUT2D eigenvalue weighted by Gasteiger charge is -2.15. The van der Waals surface area contributed by atoms with E-state index in [1.165, 1.54) is 17.0 Å². The van der Waals surface area contributed by atoms with Gasteiger partial charge in [-0.15, -0.1) is 0 Å². The van der Waals surface area contributed by atoms with Crippen molar-refractivity contribution >= 4 is 23.1 Å². The van der Waals surface area contributed by atoms with Gasteiger partial charge in [0, 0.05) is 5.69 Å². The van der Waals surface area contributed by atoms with Gasteiger partial charge in [0.2, 0.25) is 0 Å². The van der Waals surface area contributed by atoms with Crippen molar-refractivity contribution in [3.05, 3.63) is 106 Å². The van der Waals surface area contributed by atoms with Crippen LogP contribution in [0.3, 0.4) is 0 Å². The average Bonchev–Trinajstić information content (AvgIpc) is 2.96. The number of nitrogens with zero attached hydrogens (tertiary/aromatic N) is 1. The summed E-state index contributed by atoms with van der Waals surface area (Å²) in [4.78, 5) is 28.0. The molecule has 1 heterocycles. The lowest BCUT2D eigenvalue weighted by molar-refractivity contribution is -0.137. The van der Waals surface area contributed by atoms with Crippen LogP contribution in [0.1, 0.15) is 27.8 Å². The molecule has 0 radical (unpaired) electrons. The molecule has 0 saturated heterocycles. The maximum Gasteiger partial charge on any atom is 0.278 e. The number of carbonyl (C=O) groups is 2. The smallest absolute Gasteiger partial charge is 0.278 e. The first-order valence-corrected chi connectivity index (χ1v) is 10.1. The molecule has 5 heteroatoms. The summed E-state index contributed by atoms with van der Waals surface area (Å²) < 4.78 is 13.3. The molecule has 4 rings (SSSR count). The van der Waals surface area contributed by atoms with E-state index in [4.69, 9.17) is 0 Å². The molecule has 1 N–H and O–H groups in total. The van der Waals surface area contributed by atoms with Gasteiger partial charge < -0.3 is 5.32 Å². The third-order valence-corrected chi connectivity index (χ3v) is 5.39. The maximum absolute atomic E-state index is 13.4. The predicted octanol–water partition coefficient (Wildman–Crippen LogP) is 5.14. The Hall–Kier alpha value is -3.73. The van der Waals surface area contributed by atoms with Crippen molar-refractivity contribution in [3.63, 3.8) is 0 Å². The van der Waals surface area contributed by atoms with Crippen molar-refractivity contribution in [1.29, 1.82) is 0 Å². The summed E-state index contributed by atoms with van der Waals surface area (Å²) in [6.45, 7) is 5.97. The quantitative estimate of drug-likeness (QED) is 0.588. The minimum absolute atomic E-state index is 0.0748. The second-order valence-electron chi connectivity index (χ2n) is 7.88. The molecular formula is C26H23FN2O2. The van der Waals surface area contributed by atoms with Crippen molar-refractivity contribution in [3.8, 4) is 0 Å². The molecule has 0 atom stereocenters. The number of carbonyl (C=O) groups excluding carboxylic acids is 2. The molecule has 0 aromatic heterocycles. The van der Waals surface area contributed by atoms with E-state index in [9.17, 15) is 14.0 Å². The molecule has 0 aliphatic carbocycles. The molecule has 0 unspecified atom stereocenters. The normalized spacial score (nSPS) is 13.9. The van der Waals surface area contributed by atoms with Crippen LogP contribution in [0.2, 0.25) is 0 Å². The molecule has 0 fully saturated rings. The number of halogens is 1. The Bertz CT molecular complexity index is 1200. The first kappa shape index (κ1) is 20.5. The summed E-state index contributed by atoms with van der Waals surface area (Å²) in [5.74, 6) is -1.13. The van der Waals surface area contributed by atoms with Gasteiger partial charge in [0.1, 0.15) is 11.5 Å². The van der Waals surface area contributed by atoms with Gasteiger partial charge in [-0.1, -0.05) is 53.6 Å². The number of aryl methyl sites for hydroxylation is 3. The van der Waals surface area contributed by atoms with Crippen LogP contribution in [0, 0.1) is 26.6 Å². The number of rotatable bonds is 5. The van der Waals surface area contributed by atoms with E-state index in [-0.39, 0.29) is 24.0 Å². The summed E-state index contributed by atoms with van der Waals surface area (Å²) in [6.07, 6.45) is 0. The third-order valence-electron chi connectivity index (χ3n) is 5.39. The Labute approximate surface area is 181 Å². The zero-order valence-corrected chi connectivity index (χ0v) is 17.7. The van der Waals surface area contributed by atoms with Crippen LogP contribution in [-0.2, 0) is 16.1 Å². The van der Waals surface area contributed by atoms with E-state index in [2.05, 4.69) is 5.32 Å². The third kappa shape index (κ3) is 4.12. The number of anilines is 1. The predicted molar refractivity (Wildman–Crippen MR) is 120 cm³/mol. The molecule has 0 spiro atoms. The molecule has 3 aromatic rings. The molecule has 1 aliphatic rings. The Balaban J connectivity index is 1.76. The van der Waals surface area contributed by atoms with Crippen LogP contribution in [0.5, 0.6) is 0 Å². The summed E-state index contributed by atoms with van der Waals surface area (Å²) in [6, 6.07) is 19.2. The first-order valence-electron chi connectivity index (χ1n) is 10.1. The summed E-state index contributed by atoms with van der Waals surface area (Å²) in [5.41, 5.74) is 5.83. The molecule has 0 bridgehead atoms. The topological polar surface area (TPSA) is 49.4 Å². The van der Waals surface area contributed by atoms with Gasteiger partial charge in [-0.05, 0) is 61.7 Å². The van der Waals surface area contributed by atoms with Crippen LogP contribution in [0.4, 0.5) is 10.1 Å². The second-order valence-corrected chi connectivity index (χ2v) is 7.88. The van der Waals surface area contributed by atoms with Crippen molar-refractivity contribution in [2.24, 2.45) is 0 Å². The minimum Gasteiger partial charge on any atom is -0.350 e. The van der Waals surface area contributed by atoms with E-state index in [0.29, 0.717) is 11.1 Å². The Morgan fingerprint density at radius 1 is 0.806 bits per heavy atom. The average molecular weight is 414 g/mol. The molecular weight excluding hydrogens is 391 g/mol. The van der Waals surface area contributed by atoms with E-state index >= 15 is 0 Å². The van der Waals surface area contributed by atoms with Crippen LogP contribution in [0.15, 0.2) is 72.4 Å². The molecule has 156 valence electrons. The van der Waals surface area contributed by atoms with Gasteiger partial charge in [-0.2, -0.15) is 0 Å². The second kappa shape index (κ2) is 8.19. The van der Waals surface area contributed by atoms with E-state index in [1.54, 1.807) is 12.1 Å². The number of hydrogen-bond donors (Lipinski definition) is 1. The summed E-state index contributed by atoms with van der Waals surface area (Å²) in [5, 5.41) is 3.17. The van der Waals surface area contributed by atoms with Crippen molar-refractivity contribution < 1.29 is 14.0 Å². The van der Waals surface area contributed by atoms with Crippen LogP contribution >= 0.6 is 0 Å². The molecule has 31 heavy (non-hydrogen) atoms. The fraction of sp³-hybridized carbons (Fsp3) is 0.154. The number of amides is 2. The number of benzene rings is 3. The molecule has 4 nitrogen and oxygen atoms in total. The highest BCUT2D eigenvalue weighted by molar-refractivity contribution is 6.36. The van der Waals surface area contributed by atoms with E-state index in [0.717, 1.165) is 27.9 Å². The minimum atomic E-state index is -0.398. The highest BCUT2D eigenvalue weighted by Crippen LogP contribution is 2.33. The number of hydrogen-bond acceptors (Lipinski definition) is 3. The molecule has 2 amide bonds. The van der Waals surface area contributed by atoms with Gasteiger partial charge in [0.15, 0.2) is 0 Å². The van der Waals surface area contributed by atoms with Crippen molar-refractivity contribution in [2.75, 3.05) is 5.32 Å². The highest BCUT2D eigenvalue weighted by atomic mass is 19.1. The van der Waals surface area contributed by atoms with Crippen LogP contribution < -0.4 is 5.32 Å². The SMILES string of the molecule is Cc1ccc(NC2=C(c3ccc(C)cc3C)C(=O)N(Cc3ccc(F)cc3)C2=O)cc1. The summed E-state index contributed by atoms with van der Waals surface area (Å²) in [7, 11) is 0. The van der Waals surface area contributed by atoms with E-state index in [1.807, 2.05) is 63.2 Å². The van der Waals surface area contributed by atoms with Crippen molar-refractivity contribution in [2.45, 2.75) is 27.3 Å². The fourth-order valence-corrected chi connectivity index (χ4v) is 3.73. The van der Waals surface area contributed by atoms with Gasteiger partial charge in [-0.25, -0.2) is 4.39 Å². The van der Waals surface area contributed by atoms with Gasteiger partial charge >= 0.3 is 0 Å². The fourth-order valence-electron chi connectivity index (χ4n) is 3.73. The lowest BCUT2D eigenvalue weighted by Crippen LogP contribution is -2.32. The Morgan fingerprint density at radius 3 is 2.10 bits per heavy atom. The van der Waals surface area contributed by atoms with E-state index < -0.39 is 5.91 Å². The summed E-state index contributed by atoms with van der Waals surface area (Å²) >= 11 is 0. The van der Waals surface area contributed by atoms with Crippen LogP contribution in [0.25, 0.3) is 5.57 Å². The standard InChI is InChI=1S/C26H23FN2O2/c1-16-4-11-21(12-5-16)28-24-23(22-13-6-17(2)14-18(22)3)25(30)29(26(24)31)15-19-7-9-20(27)10-8-19/h4-14,28H,15H2,1-3H3. The molecule has 1 aliphatic heterocycles. The number of imide groups is 1. The maximum atomic E-state index is 13.4. The van der Waals surface area contributed by atoms with Gasteiger partial charge in [-0.3, -0.25) is 14.5 Å². The largest absolute Gasteiger partial charge is 0.350 e. The number of nitrogens with one attached hydrogen (secondary N) is 1. The Kier molecular flexibility index (Phi) is 5.42. The zero-order valence-electron chi connectivity index (χ0n) is 17.7. The van der Waals surface area contributed by atoms with Gasteiger partial charge in [0.05, 0.1) is 12.1 Å². The lowest BCUT2D eigenvalue weighted by atomic mass is 9.97. The van der Waals surface area contributed by atoms with Crippen LogP contribution in [-0.4, -0.2) is 16.7 Å².